The van der Waals surface area contributed by atoms with Crippen LogP contribution in [0.2, 0.25) is 0 Å². The van der Waals surface area contributed by atoms with Gasteiger partial charge in [-0.15, -0.1) is 0 Å². The van der Waals surface area contributed by atoms with Crippen molar-refractivity contribution in [3.63, 3.8) is 0 Å². The Morgan fingerprint density at radius 3 is 2.76 bits per heavy atom. The minimum absolute atomic E-state index is 0.0361. The third-order valence-corrected chi connectivity index (χ3v) is 3.52. The van der Waals surface area contributed by atoms with Gasteiger partial charge in [-0.05, 0) is 50.4 Å². The number of methoxy groups -OCH3 is 1. The van der Waals surface area contributed by atoms with Gasteiger partial charge in [-0.1, -0.05) is 6.07 Å². The molecule has 0 aromatic heterocycles. The molecule has 1 unspecified atom stereocenters. The summed E-state index contributed by atoms with van der Waals surface area (Å²) in [5.74, 6) is 0.881. The molecule has 1 aliphatic heterocycles. The Balaban J connectivity index is 2.37. The predicted molar refractivity (Wildman–Crippen MR) is 67.8 cm³/mol. The summed E-state index contributed by atoms with van der Waals surface area (Å²) < 4.78 is 5.39. The van der Waals surface area contributed by atoms with Crippen molar-refractivity contribution >= 4 is 5.78 Å². The minimum Gasteiger partial charge on any atom is -0.496 e. The molecule has 1 saturated heterocycles. The molecule has 92 valence electrons. The van der Waals surface area contributed by atoms with Crippen LogP contribution in [0.15, 0.2) is 12.1 Å². The van der Waals surface area contributed by atoms with Crippen molar-refractivity contribution in [3.05, 3.63) is 28.8 Å². The SMILES string of the molecule is COc1c(C(=O)C2CCCN2)ccc(C)c1C. The van der Waals surface area contributed by atoms with E-state index < -0.39 is 0 Å². The van der Waals surface area contributed by atoms with Gasteiger partial charge in [0.25, 0.3) is 0 Å². The zero-order chi connectivity index (χ0) is 12.4. The molecule has 0 saturated carbocycles. The van der Waals surface area contributed by atoms with Gasteiger partial charge in [-0.3, -0.25) is 4.79 Å². The van der Waals surface area contributed by atoms with Crippen LogP contribution in [0.1, 0.15) is 34.3 Å². The van der Waals surface area contributed by atoms with Gasteiger partial charge in [-0.2, -0.15) is 0 Å². The van der Waals surface area contributed by atoms with Gasteiger partial charge in [-0.25, -0.2) is 0 Å². The highest BCUT2D eigenvalue weighted by Gasteiger charge is 2.26. The molecule has 3 heteroatoms. The van der Waals surface area contributed by atoms with E-state index in [0.29, 0.717) is 5.56 Å². The van der Waals surface area contributed by atoms with Gasteiger partial charge in [0.1, 0.15) is 5.75 Å². The number of ether oxygens (including phenoxy) is 1. The van der Waals surface area contributed by atoms with E-state index in [1.807, 2.05) is 26.0 Å². The number of hydrogen-bond donors (Lipinski definition) is 1. The maximum absolute atomic E-state index is 12.3. The van der Waals surface area contributed by atoms with E-state index in [0.717, 1.165) is 36.3 Å². The second-order valence-corrected chi connectivity index (χ2v) is 4.60. The van der Waals surface area contributed by atoms with Gasteiger partial charge in [0, 0.05) is 0 Å². The number of nitrogens with one attached hydrogen (secondary N) is 1. The maximum Gasteiger partial charge on any atom is 0.183 e. The fraction of sp³-hybridized carbons (Fsp3) is 0.500. The topological polar surface area (TPSA) is 38.3 Å². The predicted octanol–water partition coefficient (Wildman–Crippen LogP) is 2.25. The molecule has 0 spiro atoms. The van der Waals surface area contributed by atoms with Crippen LogP contribution in [-0.4, -0.2) is 25.5 Å². The molecule has 1 heterocycles. The van der Waals surface area contributed by atoms with Gasteiger partial charge in [0.15, 0.2) is 5.78 Å². The van der Waals surface area contributed by atoms with Crippen molar-refractivity contribution in [3.8, 4) is 5.75 Å². The quantitative estimate of drug-likeness (QED) is 0.814. The number of ketones is 1. The molecule has 2 rings (SSSR count). The summed E-state index contributed by atoms with van der Waals surface area (Å²) in [6.07, 6.45) is 2.00. The Kier molecular flexibility index (Phi) is 3.48. The molecule has 0 radical (unpaired) electrons. The average molecular weight is 233 g/mol. The number of hydrogen-bond acceptors (Lipinski definition) is 3. The summed E-state index contributed by atoms with van der Waals surface area (Å²) in [6.45, 7) is 4.95. The first-order chi connectivity index (χ1) is 8.15. The third-order valence-electron chi connectivity index (χ3n) is 3.52. The highest BCUT2D eigenvalue weighted by molar-refractivity contribution is 6.03. The summed E-state index contributed by atoms with van der Waals surface area (Å²) in [7, 11) is 1.63. The lowest BCUT2D eigenvalue weighted by molar-refractivity contribution is 0.0949. The van der Waals surface area contributed by atoms with E-state index in [1.165, 1.54) is 0 Å². The van der Waals surface area contributed by atoms with E-state index in [2.05, 4.69) is 5.32 Å². The molecule has 1 aromatic rings. The molecular weight excluding hydrogens is 214 g/mol. The van der Waals surface area contributed by atoms with Crippen LogP contribution in [0.5, 0.6) is 5.75 Å². The van der Waals surface area contributed by atoms with E-state index >= 15 is 0 Å². The molecule has 3 nitrogen and oxygen atoms in total. The molecule has 0 bridgehead atoms. The second kappa shape index (κ2) is 4.88. The fourth-order valence-electron chi connectivity index (χ4n) is 2.34. The normalized spacial score (nSPS) is 19.4. The highest BCUT2D eigenvalue weighted by Crippen LogP contribution is 2.28. The molecule has 0 aliphatic carbocycles. The minimum atomic E-state index is -0.0361. The van der Waals surface area contributed by atoms with Gasteiger partial charge in [0.05, 0.1) is 18.7 Å². The first-order valence-corrected chi connectivity index (χ1v) is 6.07. The maximum atomic E-state index is 12.3. The zero-order valence-corrected chi connectivity index (χ0v) is 10.7. The molecule has 1 atom stereocenters. The molecular formula is C14H19NO2. The second-order valence-electron chi connectivity index (χ2n) is 4.60. The Bertz CT molecular complexity index is 434. The molecule has 17 heavy (non-hydrogen) atoms. The van der Waals surface area contributed by atoms with E-state index in [1.54, 1.807) is 7.11 Å². The van der Waals surface area contributed by atoms with Crippen LogP contribution in [0.3, 0.4) is 0 Å². The molecule has 1 N–H and O–H groups in total. The van der Waals surface area contributed by atoms with Gasteiger partial charge in [0.2, 0.25) is 0 Å². The number of aryl methyl sites for hydroxylation is 1. The number of Topliss-reactive ketones (excluding diaryl/α,β-unsaturated/α-hetero) is 1. The lowest BCUT2D eigenvalue weighted by Crippen LogP contribution is -2.31. The standard InChI is InChI=1S/C14H19NO2/c1-9-6-7-11(14(17-3)10(9)2)13(16)12-5-4-8-15-12/h6-7,12,15H,4-5,8H2,1-3H3. The van der Waals surface area contributed by atoms with E-state index in [4.69, 9.17) is 4.74 Å². The molecule has 0 amide bonds. The largest absolute Gasteiger partial charge is 0.496 e. The summed E-state index contributed by atoms with van der Waals surface area (Å²) in [5.41, 5.74) is 2.91. The fourth-order valence-corrected chi connectivity index (χ4v) is 2.34. The van der Waals surface area contributed by atoms with Crippen LogP contribution < -0.4 is 10.1 Å². The molecule has 1 fully saturated rings. The van der Waals surface area contributed by atoms with Gasteiger partial charge < -0.3 is 10.1 Å². The van der Waals surface area contributed by atoms with Crippen molar-refractivity contribution < 1.29 is 9.53 Å². The first-order valence-electron chi connectivity index (χ1n) is 6.07. The Morgan fingerprint density at radius 2 is 2.18 bits per heavy atom. The zero-order valence-electron chi connectivity index (χ0n) is 10.7. The summed E-state index contributed by atoms with van der Waals surface area (Å²) in [6, 6.07) is 3.83. The summed E-state index contributed by atoms with van der Waals surface area (Å²) in [5, 5.41) is 3.24. The van der Waals surface area contributed by atoms with Crippen molar-refractivity contribution in [2.24, 2.45) is 0 Å². The average Bonchev–Trinajstić information content (AvgIpc) is 2.85. The van der Waals surface area contributed by atoms with Crippen LogP contribution in [-0.2, 0) is 0 Å². The van der Waals surface area contributed by atoms with Crippen LogP contribution in [0.4, 0.5) is 0 Å². The Morgan fingerprint density at radius 1 is 1.41 bits per heavy atom. The van der Waals surface area contributed by atoms with Crippen LogP contribution in [0.25, 0.3) is 0 Å². The number of rotatable bonds is 3. The summed E-state index contributed by atoms with van der Waals surface area (Å²) in [4.78, 5) is 12.3. The van der Waals surface area contributed by atoms with Crippen molar-refractivity contribution in [1.82, 2.24) is 5.32 Å². The molecule has 1 aromatic carbocycles. The van der Waals surface area contributed by atoms with E-state index in [9.17, 15) is 4.79 Å². The Hall–Kier alpha value is -1.35. The number of carbonyl (C=O) groups excluding carboxylic acids is 1. The van der Waals surface area contributed by atoms with Crippen molar-refractivity contribution in [1.29, 1.82) is 0 Å². The molecule has 1 aliphatic rings. The van der Waals surface area contributed by atoms with Crippen LogP contribution >= 0.6 is 0 Å². The Labute approximate surface area is 102 Å². The van der Waals surface area contributed by atoms with Crippen molar-refractivity contribution in [2.75, 3.05) is 13.7 Å². The first kappa shape index (κ1) is 12.1. The number of benzene rings is 1. The smallest absolute Gasteiger partial charge is 0.183 e. The van der Waals surface area contributed by atoms with Gasteiger partial charge >= 0.3 is 0 Å². The summed E-state index contributed by atoms with van der Waals surface area (Å²) >= 11 is 0. The monoisotopic (exact) mass is 233 g/mol. The van der Waals surface area contributed by atoms with E-state index in [-0.39, 0.29) is 11.8 Å². The number of carbonyl (C=O) groups is 1. The van der Waals surface area contributed by atoms with Crippen LogP contribution in [0, 0.1) is 13.8 Å². The third kappa shape index (κ3) is 2.20. The van der Waals surface area contributed by atoms with Crippen molar-refractivity contribution in [2.45, 2.75) is 32.7 Å². The lowest BCUT2D eigenvalue weighted by Gasteiger charge is -2.15. The highest BCUT2D eigenvalue weighted by atomic mass is 16.5. The lowest BCUT2D eigenvalue weighted by atomic mass is 9.97.